The molecule has 1 saturated heterocycles. The van der Waals surface area contributed by atoms with Crippen LogP contribution in [0.2, 0.25) is 0 Å². The van der Waals surface area contributed by atoms with Gasteiger partial charge < -0.3 is 10.1 Å². The molecule has 1 aromatic heterocycles. The predicted molar refractivity (Wildman–Crippen MR) is 96.6 cm³/mol. The molecule has 132 valence electrons. The van der Waals surface area contributed by atoms with Gasteiger partial charge in [-0.2, -0.15) is 4.31 Å². The molecule has 0 saturated carbocycles. The minimum atomic E-state index is -3.79. The Labute approximate surface area is 151 Å². The Kier molecular flexibility index (Phi) is 5.87. The molecule has 0 amide bonds. The topological polar surface area (TPSA) is 75.7 Å². The third kappa shape index (κ3) is 3.16. The predicted octanol–water partition coefficient (Wildman–Crippen LogP) is 2.09. The normalized spacial score (nSPS) is 17.9. The van der Waals surface area contributed by atoms with Gasteiger partial charge in [-0.05, 0) is 19.0 Å². The minimum Gasteiger partial charge on any atom is -0.465 e. The molecule has 0 radical (unpaired) electrons. The van der Waals surface area contributed by atoms with Gasteiger partial charge in [-0.1, -0.05) is 18.2 Å². The highest BCUT2D eigenvalue weighted by Gasteiger charge is 2.35. The number of ether oxygens (including phenoxy) is 1. The zero-order valence-corrected chi connectivity index (χ0v) is 15.8. The summed E-state index contributed by atoms with van der Waals surface area (Å²) in [5, 5.41) is 3.73. The SMILES string of the molecule is COC(=O)c1sc2ccccc2c1S(=O)(=O)N(C)C1CCNC1.Cl. The molecule has 2 aromatic rings. The van der Waals surface area contributed by atoms with Gasteiger partial charge in [-0.25, -0.2) is 13.2 Å². The second kappa shape index (κ2) is 7.37. The molecule has 1 aliphatic rings. The molecule has 1 unspecified atom stereocenters. The number of sulfonamides is 1. The summed E-state index contributed by atoms with van der Waals surface area (Å²) >= 11 is 1.15. The highest BCUT2D eigenvalue weighted by molar-refractivity contribution is 7.89. The van der Waals surface area contributed by atoms with Crippen molar-refractivity contribution in [1.29, 1.82) is 0 Å². The van der Waals surface area contributed by atoms with Crippen LogP contribution in [-0.4, -0.2) is 52.0 Å². The van der Waals surface area contributed by atoms with Crippen LogP contribution in [0.15, 0.2) is 29.2 Å². The van der Waals surface area contributed by atoms with Gasteiger partial charge in [0, 0.05) is 29.7 Å². The minimum absolute atomic E-state index is 0. The number of fused-ring (bicyclic) bond motifs is 1. The number of halogens is 1. The first kappa shape index (κ1) is 19.1. The van der Waals surface area contributed by atoms with Gasteiger partial charge in [0.1, 0.15) is 9.77 Å². The molecule has 1 fully saturated rings. The fourth-order valence-electron chi connectivity index (χ4n) is 2.80. The number of rotatable bonds is 4. The fraction of sp³-hybridized carbons (Fsp3) is 0.400. The smallest absolute Gasteiger partial charge is 0.349 e. The third-order valence-corrected chi connectivity index (χ3v) is 7.38. The largest absolute Gasteiger partial charge is 0.465 e. The van der Waals surface area contributed by atoms with Crippen LogP contribution in [0, 0.1) is 0 Å². The lowest BCUT2D eigenvalue weighted by Gasteiger charge is -2.23. The monoisotopic (exact) mass is 390 g/mol. The van der Waals surface area contributed by atoms with Crippen molar-refractivity contribution in [3.8, 4) is 0 Å². The maximum Gasteiger partial charge on any atom is 0.349 e. The lowest BCUT2D eigenvalue weighted by Crippen LogP contribution is -2.38. The van der Waals surface area contributed by atoms with Crippen molar-refractivity contribution in [3.05, 3.63) is 29.1 Å². The van der Waals surface area contributed by atoms with E-state index in [1.807, 2.05) is 12.1 Å². The van der Waals surface area contributed by atoms with Gasteiger partial charge in [0.2, 0.25) is 10.0 Å². The molecule has 2 heterocycles. The molecule has 0 aliphatic carbocycles. The van der Waals surface area contributed by atoms with Crippen LogP contribution >= 0.6 is 23.7 Å². The average Bonchev–Trinajstić information content (AvgIpc) is 3.20. The standard InChI is InChI=1S/C15H18N2O4S2.ClH/c1-17(10-7-8-16-9-10)23(19,20)14-11-5-3-4-6-12(11)22-13(14)15(18)21-2;/h3-6,10,16H,7-9H2,1-2H3;1H. The number of likely N-dealkylation sites (N-methyl/N-ethyl adjacent to an activating group) is 1. The van der Waals surface area contributed by atoms with E-state index in [2.05, 4.69) is 5.32 Å². The van der Waals surface area contributed by atoms with Crippen LogP contribution in [0.25, 0.3) is 10.1 Å². The van der Waals surface area contributed by atoms with E-state index in [1.54, 1.807) is 19.2 Å². The third-order valence-electron chi connectivity index (χ3n) is 4.11. The highest BCUT2D eigenvalue weighted by atomic mass is 35.5. The van der Waals surface area contributed by atoms with Gasteiger partial charge in [0.15, 0.2) is 0 Å². The van der Waals surface area contributed by atoms with Crippen LogP contribution in [0.3, 0.4) is 0 Å². The number of hydrogen-bond acceptors (Lipinski definition) is 6. The summed E-state index contributed by atoms with van der Waals surface area (Å²) < 4.78 is 33.2. The van der Waals surface area contributed by atoms with Crippen LogP contribution < -0.4 is 5.32 Å². The van der Waals surface area contributed by atoms with E-state index >= 15 is 0 Å². The van der Waals surface area contributed by atoms with Crippen molar-refractivity contribution in [1.82, 2.24) is 9.62 Å². The van der Waals surface area contributed by atoms with Crippen LogP contribution in [0.4, 0.5) is 0 Å². The van der Waals surface area contributed by atoms with Crippen molar-refractivity contribution in [3.63, 3.8) is 0 Å². The maximum absolute atomic E-state index is 13.1. The second-order valence-electron chi connectivity index (χ2n) is 5.42. The molecule has 3 rings (SSSR count). The van der Waals surface area contributed by atoms with Crippen molar-refractivity contribution < 1.29 is 17.9 Å². The van der Waals surface area contributed by atoms with E-state index in [1.165, 1.54) is 11.4 Å². The zero-order valence-electron chi connectivity index (χ0n) is 13.3. The van der Waals surface area contributed by atoms with E-state index in [0.717, 1.165) is 29.0 Å². The molecular weight excluding hydrogens is 372 g/mol. The first-order valence-corrected chi connectivity index (χ1v) is 9.51. The Morgan fingerprint density at radius 1 is 1.38 bits per heavy atom. The van der Waals surface area contributed by atoms with Gasteiger partial charge in [-0.3, -0.25) is 0 Å². The van der Waals surface area contributed by atoms with Crippen molar-refractivity contribution in [2.24, 2.45) is 0 Å². The number of carbonyl (C=O) groups excluding carboxylic acids is 1. The molecule has 24 heavy (non-hydrogen) atoms. The summed E-state index contributed by atoms with van der Waals surface area (Å²) in [5.74, 6) is -0.622. The fourth-order valence-corrected chi connectivity index (χ4v) is 5.95. The van der Waals surface area contributed by atoms with Gasteiger partial charge in [0.05, 0.1) is 7.11 Å². The van der Waals surface area contributed by atoms with E-state index in [9.17, 15) is 13.2 Å². The first-order chi connectivity index (χ1) is 11.0. The molecule has 0 bridgehead atoms. The molecule has 1 N–H and O–H groups in total. The zero-order chi connectivity index (χ0) is 16.6. The Bertz CT molecular complexity index is 844. The van der Waals surface area contributed by atoms with Gasteiger partial charge in [0.25, 0.3) is 0 Å². The summed E-state index contributed by atoms with van der Waals surface area (Å²) in [7, 11) is -0.961. The maximum atomic E-state index is 13.1. The van der Waals surface area contributed by atoms with Crippen LogP contribution in [0.5, 0.6) is 0 Å². The highest BCUT2D eigenvalue weighted by Crippen LogP contribution is 2.37. The number of nitrogens with zero attached hydrogens (tertiary/aromatic N) is 1. The van der Waals surface area contributed by atoms with Gasteiger partial charge in [-0.15, -0.1) is 23.7 Å². The Balaban J connectivity index is 0.00000208. The number of esters is 1. The van der Waals surface area contributed by atoms with Crippen molar-refractivity contribution in [2.45, 2.75) is 17.4 Å². The molecular formula is C15H19ClN2O4S2. The van der Waals surface area contributed by atoms with E-state index in [-0.39, 0.29) is 28.2 Å². The molecule has 9 heteroatoms. The Hall–Kier alpha value is -1.19. The molecule has 6 nitrogen and oxygen atoms in total. The summed E-state index contributed by atoms with van der Waals surface area (Å²) in [5.41, 5.74) is 0. The summed E-state index contributed by atoms with van der Waals surface area (Å²) in [4.78, 5) is 12.3. The Morgan fingerprint density at radius 3 is 2.71 bits per heavy atom. The quantitative estimate of drug-likeness (QED) is 0.809. The number of benzene rings is 1. The average molecular weight is 391 g/mol. The lowest BCUT2D eigenvalue weighted by atomic mass is 10.2. The number of carbonyl (C=O) groups is 1. The summed E-state index contributed by atoms with van der Waals surface area (Å²) in [6.45, 7) is 1.41. The Morgan fingerprint density at radius 2 is 2.08 bits per heavy atom. The summed E-state index contributed by atoms with van der Waals surface area (Å²) in [6.07, 6.45) is 0.755. The molecule has 1 atom stereocenters. The van der Waals surface area contributed by atoms with E-state index < -0.39 is 16.0 Å². The number of nitrogens with one attached hydrogen (secondary N) is 1. The first-order valence-electron chi connectivity index (χ1n) is 7.25. The van der Waals surface area contributed by atoms with E-state index in [0.29, 0.717) is 11.9 Å². The number of thiophene rings is 1. The molecule has 1 aromatic carbocycles. The van der Waals surface area contributed by atoms with Crippen molar-refractivity contribution in [2.75, 3.05) is 27.2 Å². The van der Waals surface area contributed by atoms with Gasteiger partial charge >= 0.3 is 5.97 Å². The van der Waals surface area contributed by atoms with Crippen LogP contribution in [-0.2, 0) is 14.8 Å². The second-order valence-corrected chi connectivity index (χ2v) is 8.40. The van der Waals surface area contributed by atoms with Crippen LogP contribution in [0.1, 0.15) is 16.1 Å². The summed E-state index contributed by atoms with van der Waals surface area (Å²) in [6, 6.07) is 7.02. The lowest BCUT2D eigenvalue weighted by molar-refractivity contribution is 0.0602. The van der Waals surface area contributed by atoms with Crippen molar-refractivity contribution >= 4 is 49.8 Å². The number of methoxy groups -OCH3 is 1. The van der Waals surface area contributed by atoms with E-state index in [4.69, 9.17) is 4.74 Å². The molecule has 0 spiro atoms. The molecule has 1 aliphatic heterocycles. The number of hydrogen-bond donors (Lipinski definition) is 1.